The van der Waals surface area contributed by atoms with Crippen LogP contribution in [0.2, 0.25) is 10.0 Å². The minimum atomic E-state index is -1.33. The Kier molecular flexibility index (Phi) is 6.99. The monoisotopic (exact) mass is 593 g/mol. The number of carbonyl (C=O) groups is 3. The van der Waals surface area contributed by atoms with Gasteiger partial charge in [0.15, 0.2) is 10.1 Å². The van der Waals surface area contributed by atoms with Crippen molar-refractivity contribution in [3.05, 3.63) is 106 Å². The number of amides is 1. The van der Waals surface area contributed by atoms with E-state index >= 15 is 0 Å². The number of hydrogen-bond donors (Lipinski definition) is 0. The SMILES string of the molecule is O=C1C(=O)N(c2nnc(SCc3ccccc3Cl)s2)C(c2ccc(Cl)cc2)C1C(=O)c1cc2ccccc2o1. The van der Waals surface area contributed by atoms with Crippen LogP contribution in [0.1, 0.15) is 27.7 Å². The highest BCUT2D eigenvalue weighted by Crippen LogP contribution is 2.44. The second-order valence-corrected chi connectivity index (χ2v) is 11.8. The summed E-state index contributed by atoms with van der Waals surface area (Å²) in [6.45, 7) is 0. The first kappa shape index (κ1) is 25.8. The molecule has 7 nitrogen and oxygen atoms in total. The zero-order valence-corrected chi connectivity index (χ0v) is 23.1. The van der Waals surface area contributed by atoms with Gasteiger partial charge < -0.3 is 4.42 Å². The molecule has 0 spiro atoms. The summed E-state index contributed by atoms with van der Waals surface area (Å²) in [5.74, 6) is -3.01. The molecule has 0 N–H and O–H groups in total. The molecule has 6 rings (SSSR count). The summed E-state index contributed by atoms with van der Waals surface area (Å²) in [5, 5.41) is 10.5. The van der Waals surface area contributed by atoms with Gasteiger partial charge in [-0.25, -0.2) is 0 Å². The van der Waals surface area contributed by atoms with Crippen LogP contribution in [0.5, 0.6) is 0 Å². The van der Waals surface area contributed by atoms with Crippen LogP contribution in [0.25, 0.3) is 11.0 Å². The maximum atomic E-state index is 13.7. The zero-order valence-electron chi connectivity index (χ0n) is 19.9. The number of nitrogens with zero attached hydrogens (tertiary/aromatic N) is 3. The number of Topliss-reactive ketones (excluding diaryl/α,β-unsaturated/α-hetero) is 2. The molecule has 5 aromatic rings. The molecule has 1 fully saturated rings. The highest BCUT2D eigenvalue weighted by atomic mass is 35.5. The van der Waals surface area contributed by atoms with Crippen LogP contribution in [0.4, 0.5) is 5.13 Å². The number of rotatable bonds is 7. The van der Waals surface area contributed by atoms with Crippen LogP contribution in [-0.2, 0) is 15.3 Å². The van der Waals surface area contributed by atoms with Crippen LogP contribution in [0, 0.1) is 5.92 Å². The molecule has 1 aliphatic rings. The van der Waals surface area contributed by atoms with E-state index in [4.69, 9.17) is 27.6 Å². The van der Waals surface area contributed by atoms with E-state index in [0.29, 0.717) is 31.3 Å². The standard InChI is InChI=1S/C28H17Cl2N3O4S2/c29-18-11-9-15(10-12-18)23-22(24(34)21-13-16-5-2-4-8-20(16)37-21)25(35)26(36)33(23)27-31-32-28(39-27)38-14-17-6-1-3-7-19(17)30/h1-13,22-23H,14H2. The summed E-state index contributed by atoms with van der Waals surface area (Å²) < 4.78 is 6.36. The summed E-state index contributed by atoms with van der Waals surface area (Å²) in [6.07, 6.45) is 0. The Bertz CT molecular complexity index is 1700. The molecule has 1 saturated heterocycles. The Labute approximate surface area is 240 Å². The molecule has 11 heteroatoms. The van der Waals surface area contributed by atoms with E-state index in [2.05, 4.69) is 10.2 Å². The van der Waals surface area contributed by atoms with Crippen LogP contribution in [0.15, 0.2) is 87.6 Å². The number of anilines is 1. The van der Waals surface area contributed by atoms with Gasteiger partial charge in [0.2, 0.25) is 16.7 Å². The van der Waals surface area contributed by atoms with Crippen LogP contribution < -0.4 is 4.90 Å². The maximum absolute atomic E-state index is 13.7. The van der Waals surface area contributed by atoms with Crippen molar-refractivity contribution >= 4 is 79.9 Å². The third kappa shape index (κ3) is 4.87. The predicted octanol–water partition coefficient (Wildman–Crippen LogP) is 7.04. The van der Waals surface area contributed by atoms with Gasteiger partial charge in [-0.1, -0.05) is 94.8 Å². The van der Waals surface area contributed by atoms with Crippen molar-refractivity contribution in [3.63, 3.8) is 0 Å². The van der Waals surface area contributed by atoms with Gasteiger partial charge in [0.25, 0.3) is 5.91 Å². The molecule has 0 bridgehead atoms. The Balaban J connectivity index is 1.36. The van der Waals surface area contributed by atoms with Gasteiger partial charge in [-0.2, -0.15) is 0 Å². The van der Waals surface area contributed by atoms with E-state index < -0.39 is 29.4 Å². The van der Waals surface area contributed by atoms with Crippen molar-refractivity contribution in [2.45, 2.75) is 16.1 Å². The number of aromatic nitrogens is 2. The van der Waals surface area contributed by atoms with Gasteiger partial charge in [0, 0.05) is 21.2 Å². The molecule has 1 amide bonds. The number of benzene rings is 3. The quantitative estimate of drug-likeness (QED) is 0.0656. The molecule has 0 saturated carbocycles. The Morgan fingerprint density at radius 1 is 0.974 bits per heavy atom. The third-order valence-electron chi connectivity index (χ3n) is 6.38. The fourth-order valence-corrected chi connectivity index (χ4v) is 6.80. The third-order valence-corrected chi connectivity index (χ3v) is 9.10. The highest BCUT2D eigenvalue weighted by Gasteiger charge is 2.54. The number of para-hydroxylation sites is 1. The Morgan fingerprint density at radius 3 is 2.49 bits per heavy atom. The molecule has 194 valence electrons. The van der Waals surface area contributed by atoms with Crippen LogP contribution >= 0.6 is 46.3 Å². The van der Waals surface area contributed by atoms with Crippen molar-refractivity contribution in [1.82, 2.24) is 10.2 Å². The molecule has 2 unspecified atom stereocenters. The van der Waals surface area contributed by atoms with Gasteiger partial charge in [-0.15, -0.1) is 10.2 Å². The maximum Gasteiger partial charge on any atom is 0.297 e. The van der Waals surface area contributed by atoms with E-state index in [0.717, 1.165) is 10.9 Å². The number of carbonyl (C=O) groups excluding carboxylic acids is 3. The van der Waals surface area contributed by atoms with Gasteiger partial charge in [0.05, 0.1) is 6.04 Å². The average molecular weight is 595 g/mol. The second kappa shape index (κ2) is 10.6. The number of thioether (sulfide) groups is 1. The predicted molar refractivity (Wildman–Crippen MR) is 152 cm³/mol. The first-order valence-electron chi connectivity index (χ1n) is 11.8. The van der Waals surface area contributed by atoms with Crippen molar-refractivity contribution in [3.8, 4) is 0 Å². The van der Waals surface area contributed by atoms with E-state index in [1.54, 1.807) is 42.5 Å². The van der Waals surface area contributed by atoms with Crippen molar-refractivity contribution in [2.24, 2.45) is 5.92 Å². The lowest BCUT2D eigenvalue weighted by Gasteiger charge is -2.24. The van der Waals surface area contributed by atoms with Crippen molar-refractivity contribution in [1.29, 1.82) is 0 Å². The molecule has 2 aromatic heterocycles. The van der Waals surface area contributed by atoms with Gasteiger partial charge in [-0.05, 0) is 41.5 Å². The van der Waals surface area contributed by atoms with E-state index in [1.807, 2.05) is 36.4 Å². The fourth-order valence-electron chi connectivity index (χ4n) is 4.51. The largest absolute Gasteiger partial charge is 0.453 e. The van der Waals surface area contributed by atoms with Gasteiger partial charge in [0.1, 0.15) is 11.5 Å². The first-order chi connectivity index (χ1) is 18.9. The fraction of sp³-hybridized carbons (Fsp3) is 0.107. The minimum Gasteiger partial charge on any atom is -0.453 e. The lowest BCUT2D eigenvalue weighted by molar-refractivity contribution is -0.135. The first-order valence-corrected chi connectivity index (χ1v) is 14.3. The molecule has 39 heavy (non-hydrogen) atoms. The summed E-state index contributed by atoms with van der Waals surface area (Å²) in [5.41, 5.74) is 2.01. The topological polar surface area (TPSA) is 93.4 Å². The average Bonchev–Trinajstić information content (AvgIpc) is 3.65. The lowest BCUT2D eigenvalue weighted by atomic mass is 9.88. The molecule has 2 atom stereocenters. The normalized spacial score (nSPS) is 17.3. The second-order valence-electron chi connectivity index (χ2n) is 8.76. The zero-order chi connectivity index (χ0) is 27.1. The highest BCUT2D eigenvalue weighted by molar-refractivity contribution is 8.00. The van der Waals surface area contributed by atoms with E-state index in [9.17, 15) is 14.4 Å². The van der Waals surface area contributed by atoms with Crippen LogP contribution in [-0.4, -0.2) is 27.7 Å². The summed E-state index contributed by atoms with van der Waals surface area (Å²) >= 11 is 15.0. The summed E-state index contributed by atoms with van der Waals surface area (Å²) in [6, 6.07) is 22.0. The molecular formula is C28H17Cl2N3O4S2. The molecule has 3 aromatic carbocycles. The van der Waals surface area contributed by atoms with E-state index in [-0.39, 0.29) is 10.9 Å². The summed E-state index contributed by atoms with van der Waals surface area (Å²) in [7, 11) is 0. The van der Waals surface area contributed by atoms with Crippen molar-refractivity contribution < 1.29 is 18.8 Å². The van der Waals surface area contributed by atoms with E-state index in [1.165, 1.54) is 28.0 Å². The number of halogens is 2. The number of furan rings is 1. The number of hydrogen-bond acceptors (Lipinski definition) is 8. The molecule has 0 aliphatic carbocycles. The van der Waals surface area contributed by atoms with Gasteiger partial charge in [-0.3, -0.25) is 19.3 Å². The summed E-state index contributed by atoms with van der Waals surface area (Å²) in [4.78, 5) is 41.8. The number of fused-ring (bicyclic) bond motifs is 1. The minimum absolute atomic E-state index is 0.0106. The number of ketones is 2. The van der Waals surface area contributed by atoms with Crippen LogP contribution in [0.3, 0.4) is 0 Å². The lowest BCUT2D eigenvalue weighted by Crippen LogP contribution is -2.30. The smallest absolute Gasteiger partial charge is 0.297 e. The molecule has 0 radical (unpaired) electrons. The Morgan fingerprint density at radius 2 is 1.72 bits per heavy atom. The molecular weight excluding hydrogens is 577 g/mol. The van der Waals surface area contributed by atoms with Crippen molar-refractivity contribution in [2.75, 3.05) is 4.90 Å². The Hall–Kier alpha value is -3.50. The van der Waals surface area contributed by atoms with Gasteiger partial charge >= 0.3 is 0 Å². The molecule has 3 heterocycles. The molecule has 1 aliphatic heterocycles.